The molecule has 0 radical (unpaired) electrons. The van der Waals surface area contributed by atoms with Gasteiger partial charge in [0, 0.05) is 24.2 Å². The number of nitrogens with one attached hydrogen (secondary N) is 1. The first-order valence-corrected chi connectivity index (χ1v) is 11.4. The van der Waals surface area contributed by atoms with E-state index in [2.05, 4.69) is 10.3 Å². The molecule has 4 aromatic rings. The summed E-state index contributed by atoms with van der Waals surface area (Å²) in [7, 11) is 0. The van der Waals surface area contributed by atoms with Gasteiger partial charge in [0.1, 0.15) is 5.82 Å². The fourth-order valence-corrected chi connectivity index (χ4v) is 4.22. The third kappa shape index (κ3) is 6.01. The van der Waals surface area contributed by atoms with Gasteiger partial charge in [0.05, 0.1) is 21.8 Å². The number of hydrogen-bond donors (Lipinski definition) is 1. The quantitative estimate of drug-likeness (QED) is 0.252. The number of pyridine rings is 1. The number of alkyl halides is 3. The third-order valence-corrected chi connectivity index (χ3v) is 6.18. The van der Waals surface area contributed by atoms with Crippen molar-refractivity contribution in [2.75, 3.05) is 0 Å². The standard InChI is InChI=1S/C27H20Cl2F4N2/c28-22-8-6-19(7-9-22)16-35-26(15-18-4-2-1-3-5-18,25-11-10-23(29)17-34-25)20-12-21(27(31,32)33)14-24(30)13-20/h1-14,17,35H,15-16H2. The van der Waals surface area contributed by atoms with Crippen LogP contribution in [0.15, 0.2) is 91.1 Å². The monoisotopic (exact) mass is 518 g/mol. The lowest BCUT2D eigenvalue weighted by Crippen LogP contribution is -2.46. The highest BCUT2D eigenvalue weighted by molar-refractivity contribution is 6.30. The van der Waals surface area contributed by atoms with E-state index >= 15 is 0 Å². The highest BCUT2D eigenvalue weighted by Gasteiger charge is 2.39. The molecule has 0 spiro atoms. The summed E-state index contributed by atoms with van der Waals surface area (Å²) in [5, 5.41) is 4.32. The predicted octanol–water partition coefficient (Wildman–Crippen LogP) is 7.82. The second-order valence-electron chi connectivity index (χ2n) is 8.14. The summed E-state index contributed by atoms with van der Waals surface area (Å²) in [4.78, 5) is 4.45. The Morgan fingerprint density at radius 1 is 0.743 bits per heavy atom. The lowest BCUT2D eigenvalue weighted by molar-refractivity contribution is -0.137. The number of hydrogen-bond acceptors (Lipinski definition) is 2. The van der Waals surface area contributed by atoms with Crippen molar-refractivity contribution in [2.45, 2.75) is 24.7 Å². The number of aromatic nitrogens is 1. The van der Waals surface area contributed by atoms with Gasteiger partial charge in [-0.2, -0.15) is 13.2 Å². The molecule has 1 heterocycles. The van der Waals surface area contributed by atoms with Crippen LogP contribution in [0.3, 0.4) is 0 Å². The van der Waals surface area contributed by atoms with Crippen LogP contribution >= 0.6 is 23.2 Å². The van der Waals surface area contributed by atoms with Crippen molar-refractivity contribution in [1.82, 2.24) is 10.3 Å². The van der Waals surface area contributed by atoms with E-state index < -0.39 is 23.1 Å². The van der Waals surface area contributed by atoms with Gasteiger partial charge in [-0.25, -0.2) is 4.39 Å². The van der Waals surface area contributed by atoms with E-state index in [0.717, 1.165) is 23.3 Å². The summed E-state index contributed by atoms with van der Waals surface area (Å²) in [6, 6.07) is 22.1. The Labute approximate surface area is 210 Å². The van der Waals surface area contributed by atoms with Crippen LogP contribution in [-0.4, -0.2) is 4.98 Å². The van der Waals surface area contributed by atoms with Gasteiger partial charge in [-0.3, -0.25) is 10.3 Å². The Morgan fingerprint density at radius 3 is 2.03 bits per heavy atom. The summed E-state index contributed by atoms with van der Waals surface area (Å²) in [5.41, 5.74) is -0.227. The highest BCUT2D eigenvalue weighted by atomic mass is 35.5. The maximum atomic E-state index is 14.6. The van der Waals surface area contributed by atoms with Crippen LogP contribution in [0, 0.1) is 5.82 Å². The second kappa shape index (κ2) is 10.4. The Bertz CT molecular complexity index is 1280. The largest absolute Gasteiger partial charge is 0.416 e. The molecule has 2 nitrogen and oxygen atoms in total. The molecule has 180 valence electrons. The molecule has 1 aromatic heterocycles. The van der Waals surface area contributed by atoms with Crippen molar-refractivity contribution in [3.8, 4) is 0 Å². The number of rotatable bonds is 7. The zero-order chi connectivity index (χ0) is 25.1. The average molecular weight is 519 g/mol. The smallest absolute Gasteiger partial charge is 0.298 e. The topological polar surface area (TPSA) is 24.9 Å². The van der Waals surface area contributed by atoms with Gasteiger partial charge < -0.3 is 0 Å². The van der Waals surface area contributed by atoms with Crippen LogP contribution in [0.5, 0.6) is 0 Å². The summed E-state index contributed by atoms with van der Waals surface area (Å²) >= 11 is 12.1. The molecule has 0 saturated heterocycles. The molecule has 0 aliphatic carbocycles. The molecule has 0 bridgehead atoms. The molecule has 0 saturated carbocycles. The first-order valence-electron chi connectivity index (χ1n) is 10.7. The van der Waals surface area contributed by atoms with E-state index in [-0.39, 0.29) is 18.5 Å². The van der Waals surface area contributed by atoms with Gasteiger partial charge in [0.2, 0.25) is 0 Å². The fourth-order valence-electron chi connectivity index (χ4n) is 3.98. The first kappa shape index (κ1) is 25.2. The van der Waals surface area contributed by atoms with E-state index in [4.69, 9.17) is 23.2 Å². The SMILES string of the molecule is Fc1cc(C(F)(F)F)cc(C(Cc2ccccc2)(NCc2ccc(Cl)cc2)c2ccc(Cl)cn2)c1. The van der Waals surface area contributed by atoms with E-state index in [0.29, 0.717) is 21.8 Å². The van der Waals surface area contributed by atoms with Gasteiger partial charge in [-0.15, -0.1) is 0 Å². The third-order valence-electron chi connectivity index (χ3n) is 5.70. The minimum Gasteiger partial charge on any atom is -0.298 e. The molecular formula is C27H20Cl2F4N2. The molecule has 0 aliphatic heterocycles. The van der Waals surface area contributed by atoms with Crippen LogP contribution in [0.1, 0.15) is 27.9 Å². The van der Waals surface area contributed by atoms with E-state index in [1.807, 2.05) is 42.5 Å². The van der Waals surface area contributed by atoms with Crippen LogP contribution in [0.2, 0.25) is 10.0 Å². The molecule has 1 N–H and O–H groups in total. The summed E-state index contributed by atoms with van der Waals surface area (Å²) < 4.78 is 55.7. The van der Waals surface area contributed by atoms with Gasteiger partial charge >= 0.3 is 6.18 Å². The summed E-state index contributed by atoms with van der Waals surface area (Å²) in [6.07, 6.45) is -3.10. The fraction of sp³-hybridized carbons (Fsp3) is 0.148. The second-order valence-corrected chi connectivity index (χ2v) is 9.01. The maximum absolute atomic E-state index is 14.6. The maximum Gasteiger partial charge on any atom is 0.416 e. The minimum absolute atomic E-state index is 0.0949. The van der Waals surface area contributed by atoms with E-state index in [9.17, 15) is 17.6 Å². The van der Waals surface area contributed by atoms with Gasteiger partial charge in [0.25, 0.3) is 0 Å². The Hall–Kier alpha value is -2.93. The van der Waals surface area contributed by atoms with Crippen molar-refractivity contribution in [2.24, 2.45) is 0 Å². The van der Waals surface area contributed by atoms with Crippen LogP contribution in [-0.2, 0) is 24.7 Å². The van der Waals surface area contributed by atoms with Crippen molar-refractivity contribution < 1.29 is 17.6 Å². The van der Waals surface area contributed by atoms with E-state index in [1.165, 1.54) is 6.20 Å². The molecule has 1 unspecified atom stereocenters. The number of halogens is 6. The zero-order valence-electron chi connectivity index (χ0n) is 18.3. The normalized spacial score (nSPS) is 13.4. The molecular weight excluding hydrogens is 499 g/mol. The molecule has 1 atom stereocenters. The van der Waals surface area contributed by atoms with E-state index in [1.54, 1.807) is 24.3 Å². The van der Waals surface area contributed by atoms with Gasteiger partial charge in [0.15, 0.2) is 0 Å². The number of nitrogens with zero attached hydrogens (tertiary/aromatic N) is 1. The number of benzene rings is 3. The Balaban J connectivity index is 1.92. The molecule has 8 heteroatoms. The Kier molecular flexibility index (Phi) is 7.45. The molecule has 0 aliphatic rings. The van der Waals surface area contributed by atoms with Crippen LogP contribution in [0.25, 0.3) is 0 Å². The van der Waals surface area contributed by atoms with Gasteiger partial charge in [-0.05, 0) is 59.2 Å². The highest BCUT2D eigenvalue weighted by Crippen LogP contribution is 2.38. The molecule has 3 aromatic carbocycles. The molecule has 0 amide bonds. The molecule has 4 rings (SSSR count). The zero-order valence-corrected chi connectivity index (χ0v) is 19.8. The molecule has 0 fully saturated rings. The first-order chi connectivity index (χ1) is 16.7. The lowest BCUT2D eigenvalue weighted by Gasteiger charge is -2.36. The van der Waals surface area contributed by atoms with Crippen molar-refractivity contribution in [1.29, 1.82) is 0 Å². The summed E-state index contributed by atoms with van der Waals surface area (Å²) in [5.74, 6) is -0.991. The van der Waals surface area contributed by atoms with Crippen molar-refractivity contribution >= 4 is 23.2 Å². The summed E-state index contributed by atoms with van der Waals surface area (Å²) in [6.45, 7) is 0.256. The van der Waals surface area contributed by atoms with Crippen LogP contribution in [0.4, 0.5) is 17.6 Å². The van der Waals surface area contributed by atoms with Crippen LogP contribution < -0.4 is 5.32 Å². The predicted molar refractivity (Wildman–Crippen MR) is 130 cm³/mol. The lowest BCUT2D eigenvalue weighted by atomic mass is 9.79. The Morgan fingerprint density at radius 2 is 1.40 bits per heavy atom. The average Bonchev–Trinajstić information content (AvgIpc) is 2.83. The van der Waals surface area contributed by atoms with Crippen molar-refractivity contribution in [3.05, 3.63) is 135 Å². The molecule has 35 heavy (non-hydrogen) atoms. The van der Waals surface area contributed by atoms with Gasteiger partial charge in [-0.1, -0.05) is 65.7 Å². The minimum atomic E-state index is -4.72. The van der Waals surface area contributed by atoms with Crippen molar-refractivity contribution in [3.63, 3.8) is 0 Å².